The molecule has 5 nitrogen and oxygen atoms in total. The molecule has 5 heteroatoms. The maximum atomic E-state index is 10.7. The normalized spacial score (nSPS) is 17.7. The summed E-state index contributed by atoms with van der Waals surface area (Å²) in [4.78, 5) is 10.3. The molecular formula is C26H15N3O2. The Kier molecular flexibility index (Phi) is 5.07. The van der Waals surface area contributed by atoms with Crippen LogP contribution in [0.4, 0.5) is 5.69 Å². The van der Waals surface area contributed by atoms with Gasteiger partial charge < -0.3 is 0 Å². The minimum atomic E-state index is -1.28. The van der Waals surface area contributed by atoms with Gasteiger partial charge >= 0.3 is 0 Å². The lowest BCUT2D eigenvalue weighted by molar-refractivity contribution is -0.384. The lowest BCUT2D eigenvalue weighted by Crippen LogP contribution is -2.24. The maximum absolute atomic E-state index is 10.7. The van der Waals surface area contributed by atoms with E-state index in [0.29, 0.717) is 11.1 Å². The third kappa shape index (κ3) is 3.55. The highest BCUT2D eigenvalue weighted by molar-refractivity contribution is 5.83. The van der Waals surface area contributed by atoms with Crippen molar-refractivity contribution < 1.29 is 4.92 Å². The highest BCUT2D eigenvalue weighted by atomic mass is 16.6. The molecule has 0 saturated heterocycles. The topological polar surface area (TPSA) is 90.7 Å². The molecule has 0 spiro atoms. The molecule has 0 aliphatic heterocycles. The molecule has 2 aliphatic carbocycles. The van der Waals surface area contributed by atoms with Gasteiger partial charge in [0.1, 0.15) is 0 Å². The van der Waals surface area contributed by atoms with Crippen LogP contribution in [0, 0.1) is 56.0 Å². The molecule has 0 aromatic heterocycles. The fourth-order valence-corrected chi connectivity index (χ4v) is 3.74. The van der Waals surface area contributed by atoms with Crippen molar-refractivity contribution in [3.8, 4) is 24.0 Å². The molecule has 1 unspecified atom stereocenters. The highest BCUT2D eigenvalue weighted by Gasteiger charge is 2.48. The molecule has 0 amide bonds. The molecule has 1 atom stereocenters. The summed E-state index contributed by atoms with van der Waals surface area (Å²) >= 11 is 0. The second-order valence-corrected chi connectivity index (χ2v) is 7.14. The number of fused-ring (bicyclic) bond motifs is 1. The number of nitro benzene ring substituents is 1. The van der Waals surface area contributed by atoms with E-state index >= 15 is 0 Å². The highest BCUT2D eigenvalue weighted by Crippen LogP contribution is 2.51. The van der Waals surface area contributed by atoms with Gasteiger partial charge in [0, 0.05) is 29.2 Å². The van der Waals surface area contributed by atoms with Gasteiger partial charge in [0.15, 0.2) is 5.41 Å². The zero-order valence-electron chi connectivity index (χ0n) is 16.3. The first-order valence-electron chi connectivity index (χ1n) is 9.54. The Labute approximate surface area is 179 Å². The Bertz CT molecular complexity index is 1300. The van der Waals surface area contributed by atoms with Crippen LogP contribution in [0.2, 0.25) is 0 Å². The zero-order chi connectivity index (χ0) is 21.8. The monoisotopic (exact) mass is 401 g/mol. The van der Waals surface area contributed by atoms with Gasteiger partial charge in [-0.15, -0.1) is 0 Å². The Morgan fingerprint density at radius 2 is 1.48 bits per heavy atom. The van der Waals surface area contributed by atoms with Gasteiger partial charge in [-0.2, -0.15) is 10.5 Å². The number of hydrogen-bond acceptors (Lipinski definition) is 4. The van der Waals surface area contributed by atoms with E-state index in [0.717, 1.165) is 16.7 Å². The van der Waals surface area contributed by atoms with Crippen molar-refractivity contribution in [2.24, 2.45) is 11.3 Å². The number of rotatable bonds is 2. The first-order valence-corrected chi connectivity index (χ1v) is 9.54. The van der Waals surface area contributed by atoms with Gasteiger partial charge in [-0.05, 0) is 41.0 Å². The third-order valence-electron chi connectivity index (χ3n) is 5.35. The van der Waals surface area contributed by atoms with Crippen molar-refractivity contribution in [1.82, 2.24) is 0 Å². The van der Waals surface area contributed by atoms with Gasteiger partial charge in [0.25, 0.3) is 5.69 Å². The van der Waals surface area contributed by atoms with E-state index in [1.54, 1.807) is 12.1 Å². The van der Waals surface area contributed by atoms with Crippen LogP contribution < -0.4 is 0 Å². The van der Waals surface area contributed by atoms with E-state index in [9.17, 15) is 20.6 Å². The van der Waals surface area contributed by atoms with E-state index in [1.807, 2.05) is 60.7 Å². The summed E-state index contributed by atoms with van der Waals surface area (Å²) in [6, 6.07) is 18.0. The predicted molar refractivity (Wildman–Crippen MR) is 117 cm³/mol. The minimum absolute atomic E-state index is 0.0231. The van der Waals surface area contributed by atoms with Crippen LogP contribution in [0.25, 0.3) is 5.57 Å². The Morgan fingerprint density at radius 1 is 0.871 bits per heavy atom. The summed E-state index contributed by atoms with van der Waals surface area (Å²) in [7, 11) is 0. The number of non-ortho nitro benzene ring substituents is 1. The van der Waals surface area contributed by atoms with Crippen molar-refractivity contribution in [1.29, 1.82) is 10.5 Å². The van der Waals surface area contributed by atoms with Gasteiger partial charge in [0.05, 0.1) is 17.1 Å². The van der Waals surface area contributed by atoms with Crippen molar-refractivity contribution >= 4 is 11.3 Å². The van der Waals surface area contributed by atoms with Crippen molar-refractivity contribution in [2.45, 2.75) is 0 Å². The zero-order valence-corrected chi connectivity index (χ0v) is 16.3. The predicted octanol–water partition coefficient (Wildman–Crippen LogP) is 5.09. The van der Waals surface area contributed by atoms with Crippen LogP contribution in [0.15, 0.2) is 90.6 Å². The lowest BCUT2D eigenvalue weighted by atomic mass is 9.73. The largest absolute Gasteiger partial charge is 0.269 e. The number of hydrogen-bond donors (Lipinski definition) is 0. The molecule has 0 radical (unpaired) electrons. The molecule has 0 heterocycles. The second kappa shape index (κ2) is 7.99. The first kappa shape index (κ1) is 19.6. The third-order valence-corrected chi connectivity index (χ3v) is 5.35. The van der Waals surface area contributed by atoms with Crippen LogP contribution in [0.5, 0.6) is 0 Å². The Morgan fingerprint density at radius 3 is 2.06 bits per heavy atom. The van der Waals surface area contributed by atoms with E-state index in [4.69, 9.17) is 0 Å². The SMILES string of the molecule is N#CC1(C#N)C(c2ccc(C#Cc3ccc([N+](=O)[O-])cc3)cc2)=CC2=CC=CC=CC21. The molecule has 0 fully saturated rings. The van der Waals surface area contributed by atoms with Crippen molar-refractivity contribution in [3.05, 3.63) is 117 Å². The lowest BCUT2D eigenvalue weighted by Gasteiger charge is -2.23. The van der Waals surface area contributed by atoms with E-state index in [1.165, 1.54) is 12.1 Å². The fraction of sp³-hybridized carbons (Fsp3) is 0.0769. The average Bonchev–Trinajstić information content (AvgIpc) is 2.93. The van der Waals surface area contributed by atoms with Gasteiger partial charge in [-0.1, -0.05) is 60.4 Å². The van der Waals surface area contributed by atoms with Crippen LogP contribution >= 0.6 is 0 Å². The van der Waals surface area contributed by atoms with Gasteiger partial charge in [-0.3, -0.25) is 10.1 Å². The van der Waals surface area contributed by atoms with E-state index in [-0.39, 0.29) is 11.6 Å². The van der Waals surface area contributed by atoms with Crippen LogP contribution in [0.1, 0.15) is 16.7 Å². The average molecular weight is 401 g/mol. The Hall–Kier alpha value is -4.66. The molecule has 0 N–H and O–H groups in total. The number of nitro groups is 1. The summed E-state index contributed by atoms with van der Waals surface area (Å²) in [5.41, 5.74) is 2.60. The van der Waals surface area contributed by atoms with E-state index in [2.05, 4.69) is 24.0 Å². The first-order chi connectivity index (χ1) is 15.1. The molecule has 2 aliphatic rings. The second-order valence-electron chi connectivity index (χ2n) is 7.14. The summed E-state index contributed by atoms with van der Waals surface area (Å²) < 4.78 is 0. The number of nitrogens with zero attached hydrogens (tertiary/aromatic N) is 3. The summed E-state index contributed by atoms with van der Waals surface area (Å²) in [6.45, 7) is 0. The number of nitriles is 2. The number of benzene rings is 2. The fourth-order valence-electron chi connectivity index (χ4n) is 3.74. The smallest absolute Gasteiger partial charge is 0.258 e. The van der Waals surface area contributed by atoms with Crippen LogP contribution in [0.3, 0.4) is 0 Å². The number of allylic oxidation sites excluding steroid dienone is 8. The summed E-state index contributed by atoms with van der Waals surface area (Å²) in [5, 5.41) is 30.6. The van der Waals surface area contributed by atoms with Gasteiger partial charge in [-0.25, -0.2) is 0 Å². The molecule has 31 heavy (non-hydrogen) atoms. The van der Waals surface area contributed by atoms with Crippen LogP contribution in [-0.2, 0) is 0 Å². The van der Waals surface area contributed by atoms with Crippen molar-refractivity contribution in [3.63, 3.8) is 0 Å². The molecule has 0 saturated carbocycles. The van der Waals surface area contributed by atoms with Crippen molar-refractivity contribution in [2.75, 3.05) is 0 Å². The maximum Gasteiger partial charge on any atom is 0.269 e. The minimum Gasteiger partial charge on any atom is -0.258 e. The quantitative estimate of drug-likeness (QED) is 0.398. The van der Waals surface area contributed by atoms with Gasteiger partial charge in [0.2, 0.25) is 0 Å². The van der Waals surface area contributed by atoms with Crippen LogP contribution in [-0.4, -0.2) is 4.92 Å². The molecule has 2 aromatic rings. The summed E-state index contributed by atoms with van der Waals surface area (Å²) in [6.07, 6.45) is 11.4. The molecular weight excluding hydrogens is 386 g/mol. The molecule has 0 bridgehead atoms. The summed E-state index contributed by atoms with van der Waals surface area (Å²) in [5.74, 6) is 5.71. The Balaban J connectivity index is 1.63. The molecule has 2 aromatic carbocycles. The van der Waals surface area contributed by atoms with E-state index < -0.39 is 10.3 Å². The standard InChI is InChI=1S/C26H15N3O2/c27-17-26(18-28)24-5-3-1-2-4-22(24)16-25(26)21-12-8-19(9-13-21)6-7-20-10-14-23(15-11-20)29(30)31/h1-5,8-16,24H. The molecule has 4 rings (SSSR count). The molecule has 146 valence electrons.